The summed E-state index contributed by atoms with van der Waals surface area (Å²) in [6.45, 7) is -1.40. The highest BCUT2D eigenvalue weighted by Gasteiger charge is 2.30. The molecule has 0 saturated carbocycles. The summed E-state index contributed by atoms with van der Waals surface area (Å²) in [5.41, 5.74) is 16.6. The van der Waals surface area contributed by atoms with Crippen molar-refractivity contribution in [3.63, 3.8) is 0 Å². The number of amides is 1. The van der Waals surface area contributed by atoms with Crippen molar-refractivity contribution in [2.45, 2.75) is 29.4 Å². The number of likely N-dealkylation sites (N-methyl/N-ethyl adjacent to an activating group) is 1. The Morgan fingerprint density at radius 2 is 1.00 bits per heavy atom. The van der Waals surface area contributed by atoms with Crippen LogP contribution in [0.15, 0.2) is 76.0 Å². The quantitative estimate of drug-likeness (QED) is 0.0265. The molecule has 0 aliphatic heterocycles. The number of primary amides is 1. The lowest BCUT2D eigenvalue weighted by Gasteiger charge is -2.16. The number of nitrogens with zero attached hydrogens (tertiary/aromatic N) is 10. The number of carbonyl (C=O) groups excluding carboxylic acids is 1. The van der Waals surface area contributed by atoms with Gasteiger partial charge in [-0.2, -0.15) is 80.4 Å². The van der Waals surface area contributed by atoms with Gasteiger partial charge in [0.2, 0.25) is 40.3 Å². The van der Waals surface area contributed by atoms with Gasteiger partial charge in [-0.15, -0.1) is 10.2 Å². The molecule has 6 aromatic rings. The van der Waals surface area contributed by atoms with Gasteiger partial charge in [-0.3, -0.25) is 32.1 Å². The van der Waals surface area contributed by atoms with Crippen molar-refractivity contribution in [3.05, 3.63) is 47.0 Å². The standard InChI is InChI=1S/C21H19ClFN9O13S4.C12H14ClN7O7S2/c1-32(6-23)21-28-19(22)27-20(29-21)26-8-4-9(11(47(37,38)39)5-10(8)46(34,35)36)30-31-17-13(49(43,44)45)3-7-2-12(48(40,41)42)15(24)16(25)14(7)18(17)33;1-20(4-9(15)21)12-18-10(13)17-11(19-12)16-6-2-5(14)7(28(22,23)24)3-8(6)29(25,26)27/h2-5,33H,6,24-25H2,1H3,(H,34,35,36)(H,37,38,39)(H,40,41,42)(H,43,44,45)(H,26,27,28,29);2-3H,4,14H2,1H3,(H2,15,21)(H,22,23,24)(H,25,26,27)(H,16,17,18,19). The van der Waals surface area contributed by atoms with Gasteiger partial charge in [0.15, 0.2) is 12.5 Å². The summed E-state index contributed by atoms with van der Waals surface area (Å²) >= 11 is 11.6. The van der Waals surface area contributed by atoms with E-state index in [4.69, 9.17) is 50.7 Å². The van der Waals surface area contributed by atoms with Crippen LogP contribution in [0.1, 0.15) is 0 Å². The second-order valence-electron chi connectivity index (χ2n) is 15.0. The fourth-order valence-electron chi connectivity index (χ4n) is 6.14. The van der Waals surface area contributed by atoms with Gasteiger partial charge in [-0.05, 0) is 65.0 Å². The molecule has 36 nitrogen and oxygen atoms in total. The molecule has 0 bridgehead atoms. The lowest BCUT2D eigenvalue weighted by molar-refractivity contribution is -0.116. The largest absolute Gasteiger partial charge is 0.505 e. The van der Waals surface area contributed by atoms with Gasteiger partial charge in [-0.1, -0.05) is 0 Å². The van der Waals surface area contributed by atoms with Crippen LogP contribution < -0.4 is 43.4 Å². The van der Waals surface area contributed by atoms with Crippen LogP contribution in [0.4, 0.5) is 68.0 Å². The van der Waals surface area contributed by atoms with Gasteiger partial charge in [-0.25, -0.2) is 4.39 Å². The summed E-state index contributed by atoms with van der Waals surface area (Å²) in [5.74, 6) is -3.38. The molecule has 0 radical (unpaired) electrons. The molecular formula is C33H33Cl2FN16O20S6. The van der Waals surface area contributed by atoms with Crippen molar-refractivity contribution in [2.24, 2.45) is 16.0 Å². The fourth-order valence-corrected chi connectivity index (χ4v) is 10.5. The maximum Gasteiger partial charge on any atom is 0.296 e. The highest BCUT2D eigenvalue weighted by atomic mass is 35.5. The Labute approximate surface area is 446 Å². The first-order chi connectivity index (χ1) is 35.5. The number of fused-ring (bicyclic) bond motifs is 1. The summed E-state index contributed by atoms with van der Waals surface area (Å²) in [4.78, 5) is 28.8. The zero-order valence-electron chi connectivity index (χ0n) is 38.2. The predicted octanol–water partition coefficient (Wildman–Crippen LogP) is 1.32. The summed E-state index contributed by atoms with van der Waals surface area (Å²) in [7, 11) is -28.6. The normalized spacial score (nSPS) is 12.5. The number of carbonyl (C=O) groups is 1. The number of aromatic nitrogens is 6. The smallest absolute Gasteiger partial charge is 0.296 e. The molecule has 0 aliphatic rings. The monoisotopic (exact) mass is 1250 g/mol. The van der Waals surface area contributed by atoms with E-state index in [-0.39, 0.29) is 35.7 Å². The van der Waals surface area contributed by atoms with Gasteiger partial charge >= 0.3 is 0 Å². The van der Waals surface area contributed by atoms with E-state index in [0.717, 1.165) is 11.0 Å². The van der Waals surface area contributed by atoms with Crippen LogP contribution in [0.3, 0.4) is 0 Å². The average Bonchev–Trinajstić information content (AvgIpc) is 3.26. The number of hydrogen-bond donors (Lipinski definition) is 13. The second-order valence-corrected chi connectivity index (χ2v) is 24.0. The number of anilines is 9. The topological polar surface area (TPSA) is 600 Å². The molecule has 0 fully saturated rings. The maximum absolute atomic E-state index is 13.2. The molecule has 78 heavy (non-hydrogen) atoms. The van der Waals surface area contributed by atoms with Gasteiger partial charge in [0.1, 0.15) is 40.7 Å². The first kappa shape index (κ1) is 61.5. The van der Waals surface area contributed by atoms with Crippen molar-refractivity contribution in [2.75, 3.05) is 65.1 Å². The number of nitrogens with two attached hydrogens (primary N) is 4. The molecule has 422 valence electrons. The van der Waals surface area contributed by atoms with E-state index in [1.165, 1.54) is 19.0 Å². The average molecular weight is 1260 g/mol. The minimum atomic E-state index is -5.47. The second kappa shape index (κ2) is 22.2. The van der Waals surface area contributed by atoms with E-state index < -0.39 is 170 Å². The first-order valence-electron chi connectivity index (χ1n) is 19.4. The number of hydrogen-bond acceptors (Lipinski definition) is 29. The number of rotatable bonds is 17. The molecule has 2 heterocycles. The lowest BCUT2D eigenvalue weighted by Crippen LogP contribution is -2.31. The van der Waals surface area contributed by atoms with E-state index in [2.05, 4.69) is 50.8 Å². The number of azo groups is 1. The SMILES string of the molecule is CN(CC(N)=O)c1nc(Cl)nc(Nc2cc(N)c(S(=O)(=O)O)cc2S(=O)(=O)O)n1.CN(CF)c1nc(Cl)nc(Nc2cc(N=Nc3c(S(=O)(=O)O)cc4cc(S(=O)(=O)O)c(N)c(N)c4c3O)c(S(=O)(=O)O)cc2S(=O)(=O)O)n1. The van der Waals surface area contributed by atoms with E-state index >= 15 is 0 Å². The Morgan fingerprint density at radius 3 is 1.44 bits per heavy atom. The minimum absolute atomic E-state index is 0.109. The van der Waals surface area contributed by atoms with Crippen LogP contribution in [-0.4, -0.2) is 146 Å². The molecule has 6 rings (SSSR count). The number of phenolic OH excluding ortho intramolecular Hbond substituents is 1. The number of halogens is 3. The maximum atomic E-state index is 13.2. The van der Waals surface area contributed by atoms with Crippen LogP contribution in [-0.2, 0) is 65.5 Å². The fraction of sp³-hybridized carbons (Fsp3) is 0.121. The van der Waals surface area contributed by atoms with Gasteiger partial charge in [0.25, 0.3) is 60.7 Å². The number of benzene rings is 4. The van der Waals surface area contributed by atoms with E-state index in [9.17, 15) is 87.6 Å². The Balaban J connectivity index is 0.000000329. The number of nitrogens with one attached hydrogen (secondary N) is 2. The van der Waals surface area contributed by atoms with Crippen LogP contribution in [0, 0.1) is 0 Å². The summed E-state index contributed by atoms with van der Waals surface area (Å²) in [6.07, 6.45) is 0. The third-order valence-electron chi connectivity index (χ3n) is 9.42. The highest BCUT2D eigenvalue weighted by Crippen LogP contribution is 2.47. The van der Waals surface area contributed by atoms with Crippen LogP contribution in [0.25, 0.3) is 10.8 Å². The first-order valence-corrected chi connectivity index (χ1v) is 28.8. The number of phenols is 1. The molecule has 0 saturated heterocycles. The van der Waals surface area contributed by atoms with Crippen molar-refractivity contribution < 1.29 is 92.1 Å². The Morgan fingerprint density at radius 1 is 0.577 bits per heavy atom. The third kappa shape index (κ3) is 14.4. The summed E-state index contributed by atoms with van der Waals surface area (Å²) in [5, 5.41) is 20.6. The van der Waals surface area contributed by atoms with E-state index in [1.807, 2.05) is 0 Å². The minimum Gasteiger partial charge on any atom is -0.505 e. The number of nitrogen functional groups attached to an aromatic ring is 3. The Bertz CT molecular complexity index is 4230. The Hall–Kier alpha value is -7.40. The molecule has 4 aromatic carbocycles. The summed E-state index contributed by atoms with van der Waals surface area (Å²) in [6, 6.07) is 3.07. The molecule has 45 heteroatoms. The number of aromatic hydroxyl groups is 1. The zero-order chi connectivity index (χ0) is 59.2. The molecule has 0 spiro atoms. The van der Waals surface area contributed by atoms with E-state index in [1.54, 1.807) is 0 Å². The molecule has 0 aliphatic carbocycles. The molecule has 17 N–H and O–H groups in total. The van der Waals surface area contributed by atoms with Gasteiger partial charge < -0.3 is 48.5 Å². The Kier molecular flexibility index (Phi) is 17.5. The van der Waals surface area contributed by atoms with Gasteiger partial charge in [0.05, 0.1) is 40.4 Å². The van der Waals surface area contributed by atoms with Gasteiger partial charge in [0, 0.05) is 14.1 Å². The molecule has 2 aromatic heterocycles. The van der Waals surface area contributed by atoms with Crippen molar-refractivity contribution in [1.82, 2.24) is 29.9 Å². The summed E-state index contributed by atoms with van der Waals surface area (Å²) < 4.78 is 214. The third-order valence-corrected chi connectivity index (χ3v) is 15.1. The van der Waals surface area contributed by atoms with Crippen molar-refractivity contribution >= 4 is 164 Å². The van der Waals surface area contributed by atoms with E-state index in [0.29, 0.717) is 24.3 Å². The molecule has 1 amide bonds. The lowest BCUT2D eigenvalue weighted by atomic mass is 10.1. The molecular weight excluding hydrogens is 1220 g/mol. The van der Waals surface area contributed by atoms with Crippen molar-refractivity contribution in [3.8, 4) is 5.75 Å². The van der Waals surface area contributed by atoms with Crippen LogP contribution in [0.2, 0.25) is 10.6 Å². The number of alkyl halides is 1. The van der Waals surface area contributed by atoms with Crippen molar-refractivity contribution in [1.29, 1.82) is 0 Å². The molecule has 0 atom stereocenters. The van der Waals surface area contributed by atoms with Crippen LogP contribution in [0.5, 0.6) is 5.75 Å². The highest BCUT2D eigenvalue weighted by molar-refractivity contribution is 7.87. The zero-order valence-corrected chi connectivity index (χ0v) is 44.6. The predicted molar refractivity (Wildman–Crippen MR) is 268 cm³/mol. The van der Waals surface area contributed by atoms with Crippen LogP contribution >= 0.6 is 23.2 Å². The molecule has 0 unspecified atom stereocenters.